The Balaban J connectivity index is 2.39. The van der Waals surface area contributed by atoms with Crippen LogP contribution in [-0.2, 0) is 10.1 Å². The van der Waals surface area contributed by atoms with Crippen molar-refractivity contribution in [3.05, 3.63) is 61.0 Å². The number of hydrogen-bond donors (Lipinski definition) is 0. The van der Waals surface area contributed by atoms with E-state index in [0.717, 1.165) is 18.2 Å². The van der Waals surface area contributed by atoms with E-state index in [1.165, 1.54) is 18.2 Å². The Kier molecular flexibility index (Phi) is 4.96. The quantitative estimate of drug-likeness (QED) is 0.410. The lowest BCUT2D eigenvalue weighted by Gasteiger charge is -2.09. The maximum absolute atomic E-state index is 12.2. The first-order valence-corrected chi connectivity index (χ1v) is 8.50. The first-order chi connectivity index (χ1) is 10.2. The molecule has 0 aliphatic rings. The van der Waals surface area contributed by atoms with Crippen LogP contribution in [0.4, 0.5) is 5.69 Å². The molecular weight excluding hydrogens is 421 g/mol. The average molecular weight is 427 g/mol. The van der Waals surface area contributed by atoms with Gasteiger partial charge in [-0.25, -0.2) is 0 Å². The van der Waals surface area contributed by atoms with Crippen LogP contribution in [0.1, 0.15) is 0 Å². The van der Waals surface area contributed by atoms with Crippen LogP contribution in [-0.4, -0.2) is 13.3 Å². The van der Waals surface area contributed by atoms with E-state index in [1.807, 2.05) is 0 Å². The second kappa shape index (κ2) is 6.41. The molecule has 6 nitrogen and oxygen atoms in total. The van der Waals surface area contributed by atoms with Crippen LogP contribution in [0.3, 0.4) is 0 Å². The summed E-state index contributed by atoms with van der Waals surface area (Å²) in [6, 6.07) is 7.33. The van der Waals surface area contributed by atoms with Gasteiger partial charge in [0.05, 0.1) is 15.0 Å². The van der Waals surface area contributed by atoms with E-state index in [1.54, 1.807) is 0 Å². The van der Waals surface area contributed by atoms with Crippen LogP contribution >= 0.6 is 39.1 Å². The number of nitro groups is 1. The fraction of sp³-hybridized carbons (Fsp3) is 0. The maximum Gasteiger partial charge on any atom is 0.340 e. The van der Waals surface area contributed by atoms with E-state index >= 15 is 0 Å². The zero-order valence-corrected chi connectivity index (χ0v) is 14.4. The van der Waals surface area contributed by atoms with E-state index in [2.05, 4.69) is 15.9 Å². The molecule has 116 valence electrons. The van der Waals surface area contributed by atoms with Crippen molar-refractivity contribution < 1.29 is 17.5 Å². The summed E-state index contributed by atoms with van der Waals surface area (Å²) in [5.74, 6) is -0.230. The second-order valence-electron chi connectivity index (χ2n) is 3.98. The standard InChI is InChI=1S/C12H6BrCl2NO5S/c13-7-1-4-12(10(15)5-7)22(19,20)21-11-3-2-8(16(17)18)6-9(11)14/h1-6H. The van der Waals surface area contributed by atoms with E-state index in [4.69, 9.17) is 27.4 Å². The van der Waals surface area contributed by atoms with Crippen LogP contribution in [0.2, 0.25) is 10.0 Å². The molecular formula is C12H6BrCl2NO5S. The molecule has 0 unspecified atom stereocenters. The number of nitro benzene ring substituents is 1. The SMILES string of the molecule is O=[N+]([O-])c1ccc(OS(=O)(=O)c2ccc(Br)cc2Cl)c(Cl)c1. The highest BCUT2D eigenvalue weighted by atomic mass is 79.9. The number of hydrogen-bond acceptors (Lipinski definition) is 5. The molecule has 0 atom stereocenters. The molecule has 0 radical (unpaired) electrons. The largest absolute Gasteiger partial charge is 0.377 e. The monoisotopic (exact) mass is 425 g/mol. The van der Waals surface area contributed by atoms with Crippen molar-refractivity contribution >= 4 is 54.9 Å². The Morgan fingerprint density at radius 2 is 1.77 bits per heavy atom. The molecule has 2 aromatic carbocycles. The third kappa shape index (κ3) is 3.70. The van der Waals surface area contributed by atoms with E-state index in [0.29, 0.717) is 4.47 Å². The number of non-ortho nitro benzene ring substituents is 1. The highest BCUT2D eigenvalue weighted by molar-refractivity contribution is 9.10. The van der Waals surface area contributed by atoms with Crippen LogP contribution < -0.4 is 4.18 Å². The van der Waals surface area contributed by atoms with Crippen LogP contribution in [0.15, 0.2) is 45.8 Å². The van der Waals surface area contributed by atoms with Crippen molar-refractivity contribution in [3.8, 4) is 5.75 Å². The first kappa shape index (κ1) is 17.0. The van der Waals surface area contributed by atoms with Crippen molar-refractivity contribution in [1.29, 1.82) is 0 Å². The van der Waals surface area contributed by atoms with Gasteiger partial charge >= 0.3 is 10.1 Å². The predicted molar refractivity (Wildman–Crippen MR) is 85.1 cm³/mol. The minimum Gasteiger partial charge on any atom is -0.377 e. The summed E-state index contributed by atoms with van der Waals surface area (Å²) in [6.45, 7) is 0. The van der Waals surface area contributed by atoms with Gasteiger partial charge < -0.3 is 4.18 Å². The van der Waals surface area contributed by atoms with Gasteiger partial charge in [-0.05, 0) is 24.3 Å². The average Bonchev–Trinajstić information content (AvgIpc) is 2.40. The number of rotatable bonds is 4. The maximum atomic E-state index is 12.2. The van der Waals surface area contributed by atoms with Gasteiger partial charge in [0.2, 0.25) is 0 Å². The van der Waals surface area contributed by atoms with Gasteiger partial charge in [0.1, 0.15) is 4.90 Å². The summed E-state index contributed by atoms with van der Waals surface area (Å²) in [5, 5.41) is 10.4. The number of nitrogens with zero attached hydrogens (tertiary/aromatic N) is 1. The molecule has 0 spiro atoms. The Morgan fingerprint density at radius 1 is 1.09 bits per heavy atom. The summed E-state index contributed by atoms with van der Waals surface area (Å²) >= 11 is 14.8. The lowest BCUT2D eigenvalue weighted by molar-refractivity contribution is -0.384. The van der Waals surface area contributed by atoms with E-state index < -0.39 is 15.0 Å². The second-order valence-corrected chi connectivity index (χ2v) is 7.23. The normalized spacial score (nSPS) is 11.2. The molecule has 0 bridgehead atoms. The molecule has 0 saturated heterocycles. The third-order valence-corrected chi connectivity index (χ3v) is 5.00. The van der Waals surface area contributed by atoms with E-state index in [-0.39, 0.29) is 26.4 Å². The molecule has 0 aliphatic heterocycles. The highest BCUT2D eigenvalue weighted by Gasteiger charge is 2.22. The van der Waals surface area contributed by atoms with Crippen molar-refractivity contribution in [2.75, 3.05) is 0 Å². The molecule has 2 rings (SSSR count). The van der Waals surface area contributed by atoms with Crippen LogP contribution in [0, 0.1) is 10.1 Å². The lowest BCUT2D eigenvalue weighted by Crippen LogP contribution is -2.10. The molecule has 10 heteroatoms. The van der Waals surface area contributed by atoms with Crippen molar-refractivity contribution in [1.82, 2.24) is 0 Å². The highest BCUT2D eigenvalue weighted by Crippen LogP contribution is 2.33. The lowest BCUT2D eigenvalue weighted by atomic mass is 10.3. The van der Waals surface area contributed by atoms with E-state index in [9.17, 15) is 18.5 Å². The topological polar surface area (TPSA) is 86.5 Å². The van der Waals surface area contributed by atoms with Gasteiger partial charge in [-0.2, -0.15) is 8.42 Å². The zero-order chi connectivity index (χ0) is 16.5. The number of benzene rings is 2. The van der Waals surface area contributed by atoms with Gasteiger partial charge in [0, 0.05) is 16.6 Å². The first-order valence-electron chi connectivity index (χ1n) is 5.54. The smallest absolute Gasteiger partial charge is 0.340 e. The Hall–Kier alpha value is -1.35. The molecule has 0 aliphatic carbocycles. The molecule has 2 aromatic rings. The Bertz CT molecular complexity index is 857. The van der Waals surface area contributed by atoms with Crippen molar-refractivity contribution in [2.45, 2.75) is 4.90 Å². The van der Waals surface area contributed by atoms with Gasteiger partial charge in [-0.15, -0.1) is 0 Å². The summed E-state index contributed by atoms with van der Waals surface area (Å²) in [5.41, 5.74) is -0.281. The predicted octanol–water partition coefficient (Wildman–Crippen LogP) is 4.43. The van der Waals surface area contributed by atoms with Crippen molar-refractivity contribution in [2.24, 2.45) is 0 Å². The zero-order valence-electron chi connectivity index (χ0n) is 10.5. The molecule has 0 aromatic heterocycles. The molecule has 0 fully saturated rings. The third-order valence-electron chi connectivity index (χ3n) is 2.49. The summed E-state index contributed by atoms with van der Waals surface area (Å²) in [4.78, 5) is 9.71. The number of halogens is 3. The van der Waals surface area contributed by atoms with Gasteiger partial charge in [0.15, 0.2) is 5.75 Å². The minimum absolute atomic E-state index is 0.0348. The summed E-state index contributed by atoms with van der Waals surface area (Å²) in [6.07, 6.45) is 0. The van der Waals surface area contributed by atoms with Crippen molar-refractivity contribution in [3.63, 3.8) is 0 Å². The fourth-order valence-corrected chi connectivity index (χ4v) is 3.73. The van der Waals surface area contributed by atoms with Gasteiger partial charge in [0.25, 0.3) is 5.69 Å². The van der Waals surface area contributed by atoms with Gasteiger partial charge in [-0.3, -0.25) is 10.1 Å². The molecule has 0 N–H and O–H groups in total. The molecule has 22 heavy (non-hydrogen) atoms. The molecule has 0 saturated carbocycles. The molecule has 0 heterocycles. The summed E-state index contributed by atoms with van der Waals surface area (Å²) < 4.78 is 29.9. The fourth-order valence-electron chi connectivity index (χ4n) is 1.51. The van der Waals surface area contributed by atoms with Gasteiger partial charge in [-0.1, -0.05) is 39.1 Å². The van der Waals surface area contributed by atoms with Crippen LogP contribution in [0.25, 0.3) is 0 Å². The molecule has 0 amide bonds. The Morgan fingerprint density at radius 3 is 2.32 bits per heavy atom. The Labute approximate surface area is 144 Å². The minimum atomic E-state index is -4.22. The summed E-state index contributed by atoms with van der Waals surface area (Å²) in [7, 11) is -4.22. The van der Waals surface area contributed by atoms with Crippen LogP contribution in [0.5, 0.6) is 5.75 Å².